The SMILES string of the molecule is Cc1ccccc1C(=O)NCC(=O)N/N=C/c1ccc(OC(=O)c2ccc(Br)cc2)cc1. The summed E-state index contributed by atoms with van der Waals surface area (Å²) < 4.78 is 6.20. The summed E-state index contributed by atoms with van der Waals surface area (Å²) in [5.41, 5.74) is 4.83. The van der Waals surface area contributed by atoms with Crippen LogP contribution in [0.3, 0.4) is 0 Å². The van der Waals surface area contributed by atoms with E-state index in [0.717, 1.165) is 10.0 Å². The number of carbonyl (C=O) groups is 3. The second-order valence-corrected chi connectivity index (χ2v) is 7.67. The number of halogens is 1. The van der Waals surface area contributed by atoms with E-state index in [1.54, 1.807) is 60.7 Å². The van der Waals surface area contributed by atoms with Gasteiger partial charge < -0.3 is 10.1 Å². The van der Waals surface area contributed by atoms with E-state index >= 15 is 0 Å². The van der Waals surface area contributed by atoms with Crippen molar-refractivity contribution in [2.24, 2.45) is 5.10 Å². The van der Waals surface area contributed by atoms with Gasteiger partial charge in [-0.2, -0.15) is 5.10 Å². The molecule has 162 valence electrons. The van der Waals surface area contributed by atoms with Crippen molar-refractivity contribution >= 4 is 39.9 Å². The first-order valence-corrected chi connectivity index (χ1v) is 10.5. The van der Waals surface area contributed by atoms with Crippen LogP contribution < -0.4 is 15.5 Å². The van der Waals surface area contributed by atoms with Crippen molar-refractivity contribution in [2.45, 2.75) is 6.92 Å². The number of hydrogen-bond acceptors (Lipinski definition) is 5. The Morgan fingerprint density at radius 2 is 1.66 bits per heavy atom. The van der Waals surface area contributed by atoms with Crippen LogP contribution in [0.25, 0.3) is 0 Å². The summed E-state index contributed by atoms with van der Waals surface area (Å²) in [6.45, 7) is 1.63. The van der Waals surface area contributed by atoms with Crippen LogP contribution in [0.15, 0.2) is 82.4 Å². The number of carbonyl (C=O) groups excluding carboxylic acids is 3. The lowest BCUT2D eigenvalue weighted by Crippen LogP contribution is -2.35. The molecule has 3 aromatic carbocycles. The lowest BCUT2D eigenvalue weighted by atomic mass is 10.1. The lowest BCUT2D eigenvalue weighted by Gasteiger charge is -2.06. The molecule has 0 saturated carbocycles. The Hall–Kier alpha value is -3.78. The minimum atomic E-state index is -0.459. The summed E-state index contributed by atoms with van der Waals surface area (Å²) in [6, 6.07) is 20.6. The Morgan fingerprint density at radius 3 is 2.34 bits per heavy atom. The number of aryl methyl sites for hydroxylation is 1. The van der Waals surface area contributed by atoms with E-state index in [1.165, 1.54) is 6.21 Å². The van der Waals surface area contributed by atoms with Crippen LogP contribution in [0.5, 0.6) is 5.75 Å². The normalized spacial score (nSPS) is 10.6. The number of esters is 1. The van der Waals surface area contributed by atoms with Crippen molar-refractivity contribution < 1.29 is 19.1 Å². The number of amides is 2. The maximum atomic E-state index is 12.1. The molecule has 3 rings (SSSR count). The van der Waals surface area contributed by atoms with Crippen molar-refractivity contribution in [1.29, 1.82) is 0 Å². The Balaban J connectivity index is 1.45. The maximum Gasteiger partial charge on any atom is 0.343 e. The molecule has 0 saturated heterocycles. The first-order chi connectivity index (χ1) is 15.4. The van der Waals surface area contributed by atoms with Gasteiger partial charge in [-0.05, 0) is 72.6 Å². The number of benzene rings is 3. The molecule has 8 heteroatoms. The van der Waals surface area contributed by atoms with Gasteiger partial charge in [0.2, 0.25) is 0 Å². The summed E-state index contributed by atoms with van der Waals surface area (Å²) in [7, 11) is 0. The summed E-state index contributed by atoms with van der Waals surface area (Å²) >= 11 is 3.32. The quantitative estimate of drug-likeness (QED) is 0.226. The fourth-order valence-corrected chi connectivity index (χ4v) is 2.94. The summed E-state index contributed by atoms with van der Waals surface area (Å²) in [6.07, 6.45) is 1.45. The molecule has 0 fully saturated rings. The van der Waals surface area contributed by atoms with Gasteiger partial charge in [0.1, 0.15) is 5.75 Å². The minimum absolute atomic E-state index is 0.199. The topological polar surface area (TPSA) is 96.9 Å². The number of hydrazone groups is 1. The van der Waals surface area contributed by atoms with Crippen LogP contribution >= 0.6 is 15.9 Å². The number of nitrogens with one attached hydrogen (secondary N) is 2. The third-order valence-electron chi connectivity index (χ3n) is 4.37. The van der Waals surface area contributed by atoms with Crippen LogP contribution in [-0.4, -0.2) is 30.5 Å². The predicted octanol–water partition coefficient (Wildman–Crippen LogP) is 3.86. The molecule has 0 aliphatic heterocycles. The van der Waals surface area contributed by atoms with Crippen LogP contribution in [0.1, 0.15) is 31.8 Å². The van der Waals surface area contributed by atoms with Crippen molar-refractivity contribution in [3.05, 3.63) is 99.5 Å². The highest BCUT2D eigenvalue weighted by Gasteiger charge is 2.10. The third-order valence-corrected chi connectivity index (χ3v) is 4.90. The Kier molecular flexibility index (Phi) is 7.88. The third kappa shape index (κ3) is 6.61. The van der Waals surface area contributed by atoms with E-state index in [9.17, 15) is 14.4 Å². The molecule has 0 aromatic heterocycles. The highest BCUT2D eigenvalue weighted by molar-refractivity contribution is 9.10. The zero-order valence-corrected chi connectivity index (χ0v) is 18.8. The maximum absolute atomic E-state index is 12.1. The van der Waals surface area contributed by atoms with Gasteiger partial charge in [0.05, 0.1) is 18.3 Å². The lowest BCUT2D eigenvalue weighted by molar-refractivity contribution is -0.120. The molecule has 0 atom stereocenters. The highest BCUT2D eigenvalue weighted by Crippen LogP contribution is 2.15. The number of rotatable bonds is 7. The van der Waals surface area contributed by atoms with Gasteiger partial charge >= 0.3 is 5.97 Å². The highest BCUT2D eigenvalue weighted by atomic mass is 79.9. The fourth-order valence-electron chi connectivity index (χ4n) is 2.68. The zero-order chi connectivity index (χ0) is 22.9. The molecule has 0 heterocycles. The average Bonchev–Trinajstić information content (AvgIpc) is 2.79. The smallest absolute Gasteiger partial charge is 0.343 e. The summed E-state index contributed by atoms with van der Waals surface area (Å²) in [5.74, 6) is -0.851. The molecule has 7 nitrogen and oxygen atoms in total. The molecule has 32 heavy (non-hydrogen) atoms. The Labute approximate surface area is 193 Å². The molecule has 0 bridgehead atoms. The molecule has 2 N–H and O–H groups in total. The molecule has 0 spiro atoms. The van der Waals surface area contributed by atoms with Crippen LogP contribution in [0, 0.1) is 6.92 Å². The largest absolute Gasteiger partial charge is 0.423 e. The minimum Gasteiger partial charge on any atom is -0.423 e. The number of hydrogen-bond donors (Lipinski definition) is 2. The van der Waals surface area contributed by atoms with Gasteiger partial charge in [0.15, 0.2) is 0 Å². The molecular weight excluding hydrogens is 474 g/mol. The monoisotopic (exact) mass is 493 g/mol. The predicted molar refractivity (Wildman–Crippen MR) is 125 cm³/mol. The van der Waals surface area contributed by atoms with Crippen LogP contribution in [0.4, 0.5) is 0 Å². The van der Waals surface area contributed by atoms with Gasteiger partial charge in [-0.3, -0.25) is 9.59 Å². The van der Waals surface area contributed by atoms with E-state index in [-0.39, 0.29) is 12.5 Å². The van der Waals surface area contributed by atoms with Crippen molar-refractivity contribution in [3.63, 3.8) is 0 Å². The standard InChI is InChI=1S/C24H20BrN3O4/c1-16-4-2-3-5-21(16)23(30)26-15-22(29)28-27-14-17-6-12-20(13-7-17)32-24(31)18-8-10-19(25)11-9-18/h2-14H,15H2,1H3,(H,26,30)(H,28,29)/b27-14+. The molecule has 0 radical (unpaired) electrons. The van der Waals surface area contributed by atoms with E-state index < -0.39 is 11.9 Å². The van der Waals surface area contributed by atoms with Crippen LogP contribution in [-0.2, 0) is 4.79 Å². The Morgan fingerprint density at radius 1 is 0.969 bits per heavy atom. The zero-order valence-electron chi connectivity index (χ0n) is 17.2. The van der Waals surface area contributed by atoms with E-state index in [1.807, 2.05) is 19.1 Å². The van der Waals surface area contributed by atoms with E-state index in [2.05, 4.69) is 31.8 Å². The Bertz CT molecular complexity index is 1140. The molecule has 0 aliphatic carbocycles. The van der Waals surface area contributed by atoms with Crippen molar-refractivity contribution in [1.82, 2.24) is 10.7 Å². The van der Waals surface area contributed by atoms with Gasteiger partial charge in [0.25, 0.3) is 11.8 Å². The first kappa shape index (κ1) is 22.9. The molecule has 3 aromatic rings. The molecule has 2 amide bonds. The summed E-state index contributed by atoms with van der Waals surface area (Å²) in [4.78, 5) is 36.1. The van der Waals surface area contributed by atoms with E-state index in [4.69, 9.17) is 4.74 Å². The van der Waals surface area contributed by atoms with Gasteiger partial charge in [0, 0.05) is 10.0 Å². The van der Waals surface area contributed by atoms with Gasteiger partial charge in [-0.25, -0.2) is 10.2 Å². The molecular formula is C24H20BrN3O4. The van der Waals surface area contributed by atoms with Crippen molar-refractivity contribution in [2.75, 3.05) is 6.54 Å². The number of ether oxygens (including phenoxy) is 1. The van der Waals surface area contributed by atoms with Crippen molar-refractivity contribution in [3.8, 4) is 5.75 Å². The van der Waals surface area contributed by atoms with E-state index in [0.29, 0.717) is 22.4 Å². The van der Waals surface area contributed by atoms with Crippen LogP contribution in [0.2, 0.25) is 0 Å². The fraction of sp³-hybridized carbons (Fsp3) is 0.0833. The van der Waals surface area contributed by atoms with Gasteiger partial charge in [-0.15, -0.1) is 0 Å². The second kappa shape index (κ2) is 11.0. The summed E-state index contributed by atoms with van der Waals surface area (Å²) in [5, 5.41) is 6.42. The first-order valence-electron chi connectivity index (χ1n) is 9.66. The second-order valence-electron chi connectivity index (χ2n) is 6.76. The molecule has 0 unspecified atom stereocenters. The average molecular weight is 494 g/mol. The van der Waals surface area contributed by atoms with Gasteiger partial charge in [-0.1, -0.05) is 34.1 Å². The molecule has 0 aliphatic rings. The number of nitrogens with zero attached hydrogens (tertiary/aromatic N) is 1.